The first kappa shape index (κ1) is 26.7. The van der Waals surface area contributed by atoms with Crippen LogP contribution in [0.5, 0.6) is 0 Å². The van der Waals surface area contributed by atoms with Gasteiger partial charge in [0.2, 0.25) is 0 Å². The molecule has 0 aromatic heterocycles. The van der Waals surface area contributed by atoms with Crippen LogP contribution in [0.15, 0.2) is 0 Å². The summed E-state index contributed by atoms with van der Waals surface area (Å²) >= 11 is 0. The Morgan fingerprint density at radius 3 is 0.909 bits per heavy atom. The standard InChI is InChI=1S/C10H16N2O8.2Na.2H/c13-7(14)3-11(4-8(15)16)1-2-12(5-9(17)18)6-10(19)20;;;;/h1-6H2,(H,13,14)(H,15,16)(H,17,18)(H,19,20);;;;/q;2*+1;2*-1. The summed E-state index contributed by atoms with van der Waals surface area (Å²) in [6.07, 6.45) is 0. The van der Waals surface area contributed by atoms with Gasteiger partial charge < -0.3 is 23.3 Å². The van der Waals surface area contributed by atoms with Crippen LogP contribution < -0.4 is 59.1 Å². The van der Waals surface area contributed by atoms with Gasteiger partial charge in [-0.05, 0) is 0 Å². The first-order chi connectivity index (χ1) is 9.20. The molecule has 118 valence electrons. The van der Waals surface area contributed by atoms with E-state index in [4.69, 9.17) is 20.4 Å². The SMILES string of the molecule is O=C(O)CN(CCN(CC(=O)O)CC(=O)O)CC(=O)O.[H-].[H-].[Na+].[Na+]. The van der Waals surface area contributed by atoms with Crippen molar-refractivity contribution in [2.24, 2.45) is 0 Å². The Kier molecular flexibility index (Phi) is 17.5. The van der Waals surface area contributed by atoms with E-state index in [0.717, 1.165) is 9.80 Å². The number of carboxylic acids is 4. The van der Waals surface area contributed by atoms with E-state index in [-0.39, 0.29) is 75.1 Å². The van der Waals surface area contributed by atoms with Crippen LogP contribution in [0.25, 0.3) is 0 Å². The van der Waals surface area contributed by atoms with Crippen LogP contribution in [-0.4, -0.2) is 93.4 Å². The Hall–Kier alpha value is -0.200. The van der Waals surface area contributed by atoms with E-state index in [1.54, 1.807) is 0 Å². The second-order valence-corrected chi connectivity index (χ2v) is 4.00. The molecule has 0 aliphatic rings. The van der Waals surface area contributed by atoms with E-state index < -0.39 is 50.1 Å². The number of aliphatic carboxylic acids is 4. The summed E-state index contributed by atoms with van der Waals surface area (Å²) in [6.45, 7) is -2.25. The Morgan fingerprint density at radius 2 is 0.773 bits per heavy atom. The zero-order chi connectivity index (χ0) is 15.7. The molecule has 0 aromatic carbocycles. The van der Waals surface area contributed by atoms with Gasteiger partial charge in [0.25, 0.3) is 0 Å². The fraction of sp³-hybridized carbons (Fsp3) is 0.600. The average Bonchev–Trinajstić information content (AvgIpc) is 2.22. The van der Waals surface area contributed by atoms with E-state index in [2.05, 4.69) is 0 Å². The van der Waals surface area contributed by atoms with Crippen molar-refractivity contribution in [3.63, 3.8) is 0 Å². The molecule has 0 radical (unpaired) electrons. The fourth-order valence-corrected chi connectivity index (χ4v) is 1.48. The van der Waals surface area contributed by atoms with Gasteiger partial charge in [0.1, 0.15) is 0 Å². The van der Waals surface area contributed by atoms with Gasteiger partial charge in [0.15, 0.2) is 0 Å². The molecule has 0 saturated heterocycles. The van der Waals surface area contributed by atoms with Crippen LogP contribution in [-0.2, 0) is 19.2 Å². The van der Waals surface area contributed by atoms with Crippen molar-refractivity contribution < 1.29 is 102 Å². The number of hydrogen-bond donors (Lipinski definition) is 4. The largest absolute Gasteiger partial charge is 1.00 e. The zero-order valence-electron chi connectivity index (χ0n) is 14.6. The van der Waals surface area contributed by atoms with Gasteiger partial charge in [0.05, 0.1) is 26.2 Å². The average molecular weight is 340 g/mol. The summed E-state index contributed by atoms with van der Waals surface area (Å²) in [5.41, 5.74) is 0. The van der Waals surface area contributed by atoms with Gasteiger partial charge >= 0.3 is 83.0 Å². The summed E-state index contributed by atoms with van der Waals surface area (Å²) in [5.74, 6) is -4.91. The fourth-order valence-electron chi connectivity index (χ4n) is 1.48. The molecule has 10 nitrogen and oxygen atoms in total. The molecule has 0 unspecified atom stereocenters. The van der Waals surface area contributed by atoms with E-state index in [1.165, 1.54) is 0 Å². The van der Waals surface area contributed by atoms with Crippen LogP contribution >= 0.6 is 0 Å². The summed E-state index contributed by atoms with van der Waals surface area (Å²) in [6, 6.07) is 0. The van der Waals surface area contributed by atoms with E-state index in [0.29, 0.717) is 0 Å². The van der Waals surface area contributed by atoms with E-state index in [1.807, 2.05) is 0 Å². The summed E-state index contributed by atoms with van der Waals surface area (Å²) in [7, 11) is 0. The predicted molar refractivity (Wildman–Crippen MR) is 65.6 cm³/mol. The smallest absolute Gasteiger partial charge is 1.00 e. The molecule has 0 amide bonds. The molecule has 0 atom stereocenters. The van der Waals surface area contributed by atoms with Gasteiger partial charge in [-0.2, -0.15) is 0 Å². The maximum atomic E-state index is 10.6. The van der Waals surface area contributed by atoms with Crippen LogP contribution in [0.1, 0.15) is 2.85 Å². The third-order valence-corrected chi connectivity index (χ3v) is 2.17. The van der Waals surface area contributed by atoms with Crippen molar-refractivity contribution in [3.8, 4) is 0 Å². The second kappa shape index (κ2) is 14.4. The second-order valence-electron chi connectivity index (χ2n) is 4.00. The molecule has 0 aliphatic heterocycles. The first-order valence-electron chi connectivity index (χ1n) is 5.52. The van der Waals surface area contributed by atoms with Crippen LogP contribution in [0, 0.1) is 0 Å². The molecular formula is C10H18N2Na2O8. The van der Waals surface area contributed by atoms with Crippen molar-refractivity contribution >= 4 is 23.9 Å². The van der Waals surface area contributed by atoms with Crippen LogP contribution in [0.4, 0.5) is 0 Å². The topological polar surface area (TPSA) is 156 Å². The zero-order valence-corrected chi connectivity index (χ0v) is 16.6. The molecule has 0 fully saturated rings. The first-order valence-corrected chi connectivity index (χ1v) is 5.52. The minimum absolute atomic E-state index is 0. The van der Waals surface area contributed by atoms with Gasteiger partial charge in [0, 0.05) is 13.1 Å². The van der Waals surface area contributed by atoms with Crippen molar-refractivity contribution in [1.82, 2.24) is 9.80 Å². The van der Waals surface area contributed by atoms with Crippen molar-refractivity contribution in [3.05, 3.63) is 0 Å². The quantitative estimate of drug-likeness (QED) is 0.266. The number of carbonyl (C=O) groups is 4. The molecule has 0 bridgehead atoms. The summed E-state index contributed by atoms with van der Waals surface area (Å²) < 4.78 is 0. The Bertz CT molecular complexity index is 335. The van der Waals surface area contributed by atoms with Crippen LogP contribution in [0.3, 0.4) is 0 Å². The van der Waals surface area contributed by atoms with E-state index >= 15 is 0 Å². The van der Waals surface area contributed by atoms with Gasteiger partial charge in [-0.3, -0.25) is 29.0 Å². The van der Waals surface area contributed by atoms with Crippen LogP contribution in [0.2, 0.25) is 0 Å². The third-order valence-electron chi connectivity index (χ3n) is 2.17. The minimum Gasteiger partial charge on any atom is -1.00 e. The van der Waals surface area contributed by atoms with Crippen molar-refractivity contribution in [2.45, 2.75) is 0 Å². The number of nitrogens with zero attached hydrogens (tertiary/aromatic N) is 2. The maximum absolute atomic E-state index is 10.6. The molecule has 4 N–H and O–H groups in total. The van der Waals surface area contributed by atoms with Crippen molar-refractivity contribution in [1.29, 1.82) is 0 Å². The van der Waals surface area contributed by atoms with Gasteiger partial charge in [-0.25, -0.2) is 0 Å². The summed E-state index contributed by atoms with van der Waals surface area (Å²) in [4.78, 5) is 44.4. The number of carboxylic acid groups (broad SMARTS) is 4. The molecule has 22 heavy (non-hydrogen) atoms. The molecule has 0 rings (SSSR count). The minimum atomic E-state index is -1.23. The number of rotatable bonds is 11. The predicted octanol–water partition coefficient (Wildman–Crippen LogP) is -7.84. The normalized spacial score (nSPS) is 9.73. The summed E-state index contributed by atoms with van der Waals surface area (Å²) in [5, 5.41) is 34.5. The Labute approximate surface area is 173 Å². The Morgan fingerprint density at radius 1 is 0.591 bits per heavy atom. The molecule has 0 heterocycles. The monoisotopic (exact) mass is 340 g/mol. The van der Waals surface area contributed by atoms with Crippen molar-refractivity contribution in [2.75, 3.05) is 39.3 Å². The maximum Gasteiger partial charge on any atom is 1.00 e. The molecule has 0 aromatic rings. The van der Waals surface area contributed by atoms with Gasteiger partial charge in [-0.15, -0.1) is 0 Å². The molecule has 12 heteroatoms. The number of hydrogen-bond acceptors (Lipinski definition) is 6. The Balaban J connectivity index is -0.000000301. The molecule has 0 saturated carbocycles. The van der Waals surface area contributed by atoms with Gasteiger partial charge in [-0.1, -0.05) is 0 Å². The molecule has 0 spiro atoms. The molecular weight excluding hydrogens is 322 g/mol. The molecule has 0 aliphatic carbocycles. The van der Waals surface area contributed by atoms with E-state index in [9.17, 15) is 19.2 Å². The third kappa shape index (κ3) is 16.2.